The Morgan fingerprint density at radius 2 is 2.19 bits per heavy atom. The van der Waals surface area contributed by atoms with E-state index >= 15 is 0 Å². The lowest BCUT2D eigenvalue weighted by Gasteiger charge is -2.03. The molecule has 1 heterocycles. The van der Waals surface area contributed by atoms with Gasteiger partial charge >= 0.3 is 0 Å². The zero-order valence-electron chi connectivity index (χ0n) is 10.0. The van der Waals surface area contributed by atoms with Gasteiger partial charge in [0.25, 0.3) is 0 Å². The molecular weight excluding hydrogens is 214 g/mol. The third-order valence-electron chi connectivity index (χ3n) is 3.64. The number of benzene rings is 1. The van der Waals surface area contributed by atoms with Crippen molar-refractivity contribution in [1.29, 1.82) is 0 Å². The van der Waals surface area contributed by atoms with E-state index in [0.717, 1.165) is 23.3 Å². The zero-order valence-corrected chi connectivity index (χ0v) is 10.8. The summed E-state index contributed by atoms with van der Waals surface area (Å²) in [6.45, 7) is 6.75. The molecule has 16 heavy (non-hydrogen) atoms. The maximum Gasteiger partial charge on any atom is 0.0907 e. The first-order chi connectivity index (χ1) is 7.65. The Bertz CT molecular complexity index is 527. The molecule has 84 valence electrons. The van der Waals surface area contributed by atoms with Crippen LogP contribution in [0.2, 0.25) is 0 Å². The lowest BCUT2D eigenvalue weighted by Crippen LogP contribution is -1.92. The molecule has 1 aliphatic rings. The van der Waals surface area contributed by atoms with E-state index in [0.29, 0.717) is 0 Å². The molecule has 2 aromatic rings. The van der Waals surface area contributed by atoms with Crippen LogP contribution in [0, 0.1) is 18.8 Å². The van der Waals surface area contributed by atoms with Crippen molar-refractivity contribution in [1.82, 2.24) is 4.98 Å². The molecular formula is C14H17NS. The number of hydrogen-bond acceptors (Lipinski definition) is 2. The predicted molar refractivity (Wildman–Crippen MR) is 70.0 cm³/mol. The first kappa shape index (κ1) is 10.3. The van der Waals surface area contributed by atoms with Crippen molar-refractivity contribution in [3.63, 3.8) is 0 Å². The van der Waals surface area contributed by atoms with Gasteiger partial charge < -0.3 is 0 Å². The largest absolute Gasteiger partial charge is 0.242 e. The van der Waals surface area contributed by atoms with Gasteiger partial charge in [-0.1, -0.05) is 19.9 Å². The number of rotatable bonds is 2. The molecule has 0 bridgehead atoms. The van der Waals surface area contributed by atoms with Crippen molar-refractivity contribution in [3.05, 3.63) is 28.8 Å². The van der Waals surface area contributed by atoms with Crippen molar-refractivity contribution < 1.29 is 0 Å². The average molecular weight is 231 g/mol. The number of aromatic nitrogens is 1. The van der Waals surface area contributed by atoms with Gasteiger partial charge in [0.2, 0.25) is 0 Å². The minimum absolute atomic E-state index is 0.812. The normalized spacial score (nSPS) is 24.2. The van der Waals surface area contributed by atoms with Crippen molar-refractivity contribution >= 4 is 21.6 Å². The number of nitrogens with zero attached hydrogens (tertiary/aromatic N) is 1. The Morgan fingerprint density at radius 3 is 2.88 bits per heavy atom. The summed E-state index contributed by atoms with van der Waals surface area (Å²) in [5.41, 5.74) is 2.68. The van der Waals surface area contributed by atoms with Crippen LogP contribution in [0.3, 0.4) is 0 Å². The van der Waals surface area contributed by atoms with Gasteiger partial charge in [0.05, 0.1) is 15.2 Å². The second kappa shape index (κ2) is 3.56. The molecule has 0 aliphatic heterocycles. The standard InChI is InChI=1S/C14H17NS/c1-8(2)11-7-12(11)10-4-5-13-14(6-10)16-9(3)15-13/h4-6,8,11-12H,7H2,1-3H3/t11-,12-/m1/s1. The number of fused-ring (bicyclic) bond motifs is 1. The molecule has 2 atom stereocenters. The van der Waals surface area contributed by atoms with Gasteiger partial charge in [-0.25, -0.2) is 4.98 Å². The fourth-order valence-electron chi connectivity index (χ4n) is 2.62. The first-order valence-electron chi connectivity index (χ1n) is 6.02. The van der Waals surface area contributed by atoms with E-state index in [1.54, 1.807) is 0 Å². The number of thiazole rings is 1. The second-order valence-electron chi connectivity index (χ2n) is 5.21. The Balaban J connectivity index is 1.94. The van der Waals surface area contributed by atoms with Crippen LogP contribution in [0.4, 0.5) is 0 Å². The minimum atomic E-state index is 0.812. The van der Waals surface area contributed by atoms with Crippen LogP contribution in [0.25, 0.3) is 10.2 Å². The van der Waals surface area contributed by atoms with Crippen LogP contribution in [0.15, 0.2) is 18.2 Å². The van der Waals surface area contributed by atoms with E-state index in [1.165, 1.54) is 21.7 Å². The molecule has 0 saturated heterocycles. The topological polar surface area (TPSA) is 12.9 Å². The van der Waals surface area contributed by atoms with Crippen LogP contribution in [-0.2, 0) is 0 Å². The van der Waals surface area contributed by atoms with E-state index in [2.05, 4.69) is 44.0 Å². The highest BCUT2D eigenvalue weighted by Gasteiger charge is 2.40. The molecule has 0 unspecified atom stereocenters. The SMILES string of the molecule is Cc1nc2ccc([C@H]3C[C@@H]3C(C)C)cc2s1. The molecule has 1 nitrogen and oxygen atoms in total. The molecule has 0 spiro atoms. The quantitative estimate of drug-likeness (QED) is 0.748. The smallest absolute Gasteiger partial charge is 0.0907 e. The fourth-order valence-corrected chi connectivity index (χ4v) is 3.50. The van der Waals surface area contributed by atoms with Gasteiger partial charge in [0.1, 0.15) is 0 Å². The summed E-state index contributed by atoms with van der Waals surface area (Å²) in [7, 11) is 0. The van der Waals surface area contributed by atoms with E-state index < -0.39 is 0 Å². The minimum Gasteiger partial charge on any atom is -0.242 e. The number of aryl methyl sites for hydroxylation is 1. The Labute approximate surface area is 101 Å². The lowest BCUT2D eigenvalue weighted by atomic mass is 10.0. The highest BCUT2D eigenvalue weighted by molar-refractivity contribution is 7.18. The summed E-state index contributed by atoms with van der Waals surface area (Å²) < 4.78 is 1.35. The highest BCUT2D eigenvalue weighted by atomic mass is 32.1. The van der Waals surface area contributed by atoms with Gasteiger partial charge in [0.15, 0.2) is 0 Å². The van der Waals surface area contributed by atoms with Gasteiger partial charge in [-0.05, 0) is 48.8 Å². The van der Waals surface area contributed by atoms with Crippen LogP contribution in [0.5, 0.6) is 0 Å². The lowest BCUT2D eigenvalue weighted by molar-refractivity contribution is 0.549. The van der Waals surface area contributed by atoms with Crippen LogP contribution >= 0.6 is 11.3 Å². The van der Waals surface area contributed by atoms with Crippen LogP contribution in [-0.4, -0.2) is 4.98 Å². The van der Waals surface area contributed by atoms with Crippen molar-refractivity contribution in [2.75, 3.05) is 0 Å². The predicted octanol–water partition coefficient (Wildman–Crippen LogP) is 4.36. The monoisotopic (exact) mass is 231 g/mol. The summed E-state index contributed by atoms with van der Waals surface area (Å²) in [6.07, 6.45) is 1.38. The molecule has 0 N–H and O–H groups in total. The van der Waals surface area contributed by atoms with Crippen LogP contribution in [0.1, 0.15) is 36.8 Å². The fraction of sp³-hybridized carbons (Fsp3) is 0.500. The Kier molecular flexibility index (Phi) is 2.28. The molecule has 1 aromatic carbocycles. The van der Waals surface area contributed by atoms with Gasteiger partial charge in [-0.2, -0.15) is 0 Å². The third-order valence-corrected chi connectivity index (χ3v) is 4.58. The maximum absolute atomic E-state index is 4.51. The van der Waals surface area contributed by atoms with Gasteiger partial charge in [0, 0.05) is 0 Å². The van der Waals surface area contributed by atoms with Crippen molar-refractivity contribution in [2.45, 2.75) is 33.1 Å². The van der Waals surface area contributed by atoms with E-state index in [4.69, 9.17) is 0 Å². The summed E-state index contributed by atoms with van der Waals surface area (Å²) >= 11 is 1.81. The van der Waals surface area contributed by atoms with Gasteiger partial charge in [-0.15, -0.1) is 11.3 Å². The summed E-state index contributed by atoms with van der Waals surface area (Å²) in [5, 5.41) is 1.17. The molecule has 0 radical (unpaired) electrons. The molecule has 0 amide bonds. The van der Waals surface area contributed by atoms with E-state index in [-0.39, 0.29) is 0 Å². The first-order valence-corrected chi connectivity index (χ1v) is 6.84. The zero-order chi connectivity index (χ0) is 11.3. The van der Waals surface area contributed by atoms with E-state index in [9.17, 15) is 0 Å². The number of hydrogen-bond donors (Lipinski definition) is 0. The molecule has 1 aromatic heterocycles. The maximum atomic E-state index is 4.51. The second-order valence-corrected chi connectivity index (χ2v) is 6.44. The molecule has 2 heteroatoms. The summed E-state index contributed by atoms with van der Waals surface area (Å²) in [4.78, 5) is 4.51. The molecule has 1 fully saturated rings. The third kappa shape index (κ3) is 1.65. The molecule has 3 rings (SSSR count). The van der Waals surface area contributed by atoms with Crippen molar-refractivity contribution in [3.8, 4) is 0 Å². The van der Waals surface area contributed by atoms with E-state index in [1.807, 2.05) is 11.3 Å². The summed E-state index contributed by atoms with van der Waals surface area (Å²) in [5.74, 6) is 2.54. The summed E-state index contributed by atoms with van der Waals surface area (Å²) in [6, 6.07) is 6.81. The van der Waals surface area contributed by atoms with Gasteiger partial charge in [-0.3, -0.25) is 0 Å². The molecule has 1 saturated carbocycles. The van der Waals surface area contributed by atoms with Crippen molar-refractivity contribution in [2.24, 2.45) is 11.8 Å². The Morgan fingerprint density at radius 1 is 1.38 bits per heavy atom. The highest BCUT2D eigenvalue weighted by Crippen LogP contribution is 2.52. The molecule has 1 aliphatic carbocycles. The average Bonchev–Trinajstić information content (AvgIpc) is 2.94. The van der Waals surface area contributed by atoms with Crippen LogP contribution < -0.4 is 0 Å². The Hall–Kier alpha value is -0.890.